The minimum absolute atomic E-state index is 0.175. The zero-order valence-electron chi connectivity index (χ0n) is 10.9. The maximum Gasteiger partial charge on any atom is 0.182 e. The van der Waals surface area contributed by atoms with Crippen molar-refractivity contribution in [1.82, 2.24) is 5.32 Å². The molecule has 0 spiro atoms. The van der Waals surface area contributed by atoms with Gasteiger partial charge < -0.3 is 10.2 Å². The lowest BCUT2D eigenvalue weighted by Crippen LogP contribution is -2.55. The summed E-state index contributed by atoms with van der Waals surface area (Å²) in [5.41, 5.74) is 0.380. The van der Waals surface area contributed by atoms with Crippen molar-refractivity contribution in [3.05, 3.63) is 29.8 Å². The number of piperazine rings is 1. The molecule has 0 aromatic heterocycles. The summed E-state index contributed by atoms with van der Waals surface area (Å²) in [6.45, 7) is 5.70. The Labute approximate surface area is 107 Å². The molecule has 0 amide bonds. The highest BCUT2D eigenvalue weighted by Crippen LogP contribution is 2.25. The van der Waals surface area contributed by atoms with Crippen LogP contribution in [0.4, 0.5) is 14.5 Å². The first-order chi connectivity index (χ1) is 8.63. The highest BCUT2D eigenvalue weighted by molar-refractivity contribution is 5.49. The third kappa shape index (κ3) is 2.64. The molecule has 2 atom stereocenters. The van der Waals surface area contributed by atoms with Crippen LogP contribution in [-0.2, 0) is 0 Å². The molecular formula is C14H20F2N2. The minimum atomic E-state index is -0.773. The van der Waals surface area contributed by atoms with Crippen LogP contribution in [-0.4, -0.2) is 25.2 Å². The van der Waals surface area contributed by atoms with Crippen LogP contribution in [0.5, 0.6) is 0 Å². The molecule has 2 unspecified atom stereocenters. The van der Waals surface area contributed by atoms with E-state index < -0.39 is 11.6 Å². The monoisotopic (exact) mass is 254 g/mol. The van der Waals surface area contributed by atoms with E-state index >= 15 is 0 Å². The molecule has 1 aromatic rings. The third-order valence-electron chi connectivity index (χ3n) is 3.53. The van der Waals surface area contributed by atoms with Gasteiger partial charge in [-0.15, -0.1) is 0 Å². The highest BCUT2D eigenvalue weighted by atomic mass is 19.2. The van der Waals surface area contributed by atoms with E-state index in [1.807, 2.05) is 11.8 Å². The molecule has 1 N–H and O–H groups in total. The van der Waals surface area contributed by atoms with Gasteiger partial charge in [-0.1, -0.05) is 19.4 Å². The molecule has 0 radical (unpaired) electrons. The van der Waals surface area contributed by atoms with E-state index in [9.17, 15) is 8.78 Å². The van der Waals surface area contributed by atoms with E-state index in [1.165, 1.54) is 0 Å². The second kappa shape index (κ2) is 5.65. The Kier molecular flexibility index (Phi) is 4.17. The average Bonchev–Trinajstić information content (AvgIpc) is 2.36. The second-order valence-corrected chi connectivity index (χ2v) is 4.97. The lowest BCUT2D eigenvalue weighted by molar-refractivity contribution is 0.381. The fourth-order valence-electron chi connectivity index (χ4n) is 2.52. The van der Waals surface area contributed by atoms with Gasteiger partial charge in [0.2, 0.25) is 0 Å². The van der Waals surface area contributed by atoms with Crippen molar-refractivity contribution < 1.29 is 8.78 Å². The van der Waals surface area contributed by atoms with Crippen LogP contribution in [0.1, 0.15) is 26.7 Å². The molecular weight excluding hydrogens is 234 g/mol. The van der Waals surface area contributed by atoms with E-state index in [2.05, 4.69) is 12.2 Å². The van der Waals surface area contributed by atoms with Gasteiger partial charge in [-0.2, -0.15) is 0 Å². The Hall–Kier alpha value is -1.16. The highest BCUT2D eigenvalue weighted by Gasteiger charge is 2.27. The van der Waals surface area contributed by atoms with Gasteiger partial charge >= 0.3 is 0 Å². The van der Waals surface area contributed by atoms with E-state index in [4.69, 9.17) is 0 Å². The molecule has 0 aliphatic carbocycles. The molecule has 0 bridgehead atoms. The normalized spacial score (nSPS) is 24.3. The fourth-order valence-corrected chi connectivity index (χ4v) is 2.52. The maximum atomic E-state index is 13.8. The van der Waals surface area contributed by atoms with Crippen LogP contribution >= 0.6 is 0 Å². The van der Waals surface area contributed by atoms with Crippen molar-refractivity contribution in [3.8, 4) is 0 Å². The molecule has 1 heterocycles. The van der Waals surface area contributed by atoms with Gasteiger partial charge in [0.1, 0.15) is 0 Å². The molecule has 4 heteroatoms. The minimum Gasteiger partial charge on any atom is -0.364 e. The van der Waals surface area contributed by atoms with E-state index in [0.29, 0.717) is 11.7 Å². The topological polar surface area (TPSA) is 15.3 Å². The van der Waals surface area contributed by atoms with Gasteiger partial charge in [0.15, 0.2) is 11.6 Å². The molecule has 2 nitrogen and oxygen atoms in total. The Bertz CT molecular complexity index is 409. The van der Waals surface area contributed by atoms with Gasteiger partial charge in [-0.3, -0.25) is 0 Å². The summed E-state index contributed by atoms with van der Waals surface area (Å²) in [7, 11) is 0. The Morgan fingerprint density at radius 1 is 1.39 bits per heavy atom. The van der Waals surface area contributed by atoms with Crippen LogP contribution in [0.2, 0.25) is 0 Å². The summed E-state index contributed by atoms with van der Waals surface area (Å²) >= 11 is 0. The Balaban J connectivity index is 2.21. The number of nitrogens with zero attached hydrogens (tertiary/aromatic N) is 1. The Morgan fingerprint density at radius 3 is 2.89 bits per heavy atom. The number of rotatable bonds is 3. The molecule has 1 fully saturated rings. The van der Waals surface area contributed by atoms with Gasteiger partial charge in [-0.05, 0) is 25.5 Å². The van der Waals surface area contributed by atoms with Crippen molar-refractivity contribution >= 4 is 5.69 Å². The van der Waals surface area contributed by atoms with Crippen LogP contribution in [0.15, 0.2) is 18.2 Å². The summed E-state index contributed by atoms with van der Waals surface area (Å²) in [6.07, 6.45) is 2.14. The molecule has 2 rings (SSSR count). The zero-order chi connectivity index (χ0) is 13.1. The molecule has 18 heavy (non-hydrogen) atoms. The van der Waals surface area contributed by atoms with Gasteiger partial charge in [0, 0.05) is 25.2 Å². The molecule has 1 saturated heterocycles. The second-order valence-electron chi connectivity index (χ2n) is 4.97. The van der Waals surface area contributed by atoms with Gasteiger partial charge in [0.05, 0.1) is 5.69 Å². The van der Waals surface area contributed by atoms with E-state index in [1.54, 1.807) is 12.1 Å². The van der Waals surface area contributed by atoms with E-state index in [0.717, 1.165) is 32.0 Å². The van der Waals surface area contributed by atoms with Crippen molar-refractivity contribution in [1.29, 1.82) is 0 Å². The predicted octanol–water partition coefficient (Wildman–Crippen LogP) is 2.93. The standard InChI is InChI=1S/C14H20F2N2/c1-3-5-11-9-18(10(2)8-17-11)13-7-4-6-12(15)14(13)16/h4,6-7,10-11,17H,3,5,8-9H2,1-2H3. The van der Waals surface area contributed by atoms with E-state index in [-0.39, 0.29) is 6.04 Å². The van der Waals surface area contributed by atoms with Crippen LogP contribution in [0.3, 0.4) is 0 Å². The molecule has 0 saturated carbocycles. The van der Waals surface area contributed by atoms with Gasteiger partial charge in [-0.25, -0.2) is 8.78 Å². The summed E-state index contributed by atoms with van der Waals surface area (Å²) in [4.78, 5) is 1.97. The van der Waals surface area contributed by atoms with Crippen LogP contribution < -0.4 is 10.2 Å². The van der Waals surface area contributed by atoms with Crippen molar-refractivity contribution in [2.45, 2.75) is 38.8 Å². The summed E-state index contributed by atoms with van der Waals surface area (Å²) in [5.74, 6) is -1.51. The molecule has 100 valence electrons. The van der Waals surface area contributed by atoms with Crippen LogP contribution in [0, 0.1) is 11.6 Å². The number of nitrogens with one attached hydrogen (secondary N) is 1. The first-order valence-corrected chi connectivity index (χ1v) is 6.57. The summed E-state index contributed by atoms with van der Waals surface area (Å²) < 4.78 is 27.1. The largest absolute Gasteiger partial charge is 0.364 e. The van der Waals surface area contributed by atoms with Crippen molar-refractivity contribution in [3.63, 3.8) is 0 Å². The SMILES string of the molecule is CCCC1CN(c2cccc(F)c2F)C(C)CN1. The smallest absolute Gasteiger partial charge is 0.182 e. The number of anilines is 1. The number of hydrogen-bond acceptors (Lipinski definition) is 2. The maximum absolute atomic E-state index is 13.8. The molecule has 1 aromatic carbocycles. The lowest BCUT2D eigenvalue weighted by Gasteiger charge is -2.40. The molecule has 1 aliphatic heterocycles. The first-order valence-electron chi connectivity index (χ1n) is 6.57. The summed E-state index contributed by atoms with van der Waals surface area (Å²) in [6, 6.07) is 4.92. The third-order valence-corrected chi connectivity index (χ3v) is 3.53. The lowest BCUT2D eigenvalue weighted by atomic mass is 10.0. The fraction of sp³-hybridized carbons (Fsp3) is 0.571. The van der Waals surface area contributed by atoms with Crippen molar-refractivity contribution in [2.75, 3.05) is 18.0 Å². The summed E-state index contributed by atoms with van der Waals surface area (Å²) in [5, 5.41) is 3.45. The zero-order valence-corrected chi connectivity index (χ0v) is 10.9. The first kappa shape index (κ1) is 13.3. The number of benzene rings is 1. The molecule has 1 aliphatic rings. The van der Waals surface area contributed by atoms with Gasteiger partial charge in [0.25, 0.3) is 0 Å². The average molecular weight is 254 g/mol. The quantitative estimate of drug-likeness (QED) is 0.892. The number of halogens is 2. The predicted molar refractivity (Wildman–Crippen MR) is 69.9 cm³/mol. The Morgan fingerprint density at radius 2 is 2.17 bits per heavy atom. The number of hydrogen-bond donors (Lipinski definition) is 1. The van der Waals surface area contributed by atoms with Crippen molar-refractivity contribution in [2.24, 2.45) is 0 Å². The van der Waals surface area contributed by atoms with Crippen LogP contribution in [0.25, 0.3) is 0 Å².